The van der Waals surface area contributed by atoms with Gasteiger partial charge in [-0.15, -0.1) is 0 Å². The van der Waals surface area contributed by atoms with Crippen LogP contribution in [0.2, 0.25) is 0 Å². The third-order valence-corrected chi connectivity index (χ3v) is 2.91. The number of carbonyl (C=O) groups is 2. The third-order valence-electron chi connectivity index (χ3n) is 2.69. The lowest BCUT2D eigenvalue weighted by molar-refractivity contribution is 0.0999. The molecule has 7 N–H and O–H groups in total. The number of ether oxygens (including phenoxy) is 2. The molecule has 1 amide bonds. The summed E-state index contributed by atoms with van der Waals surface area (Å²) in [6.07, 6.45) is 0. The van der Waals surface area contributed by atoms with E-state index in [-0.39, 0.29) is 11.6 Å². The molecular weight excluding hydrogens is 336 g/mol. The molecular formula is C16H21ClN2O5. The van der Waals surface area contributed by atoms with Crippen LogP contribution < -0.4 is 21.4 Å². The van der Waals surface area contributed by atoms with E-state index in [1.165, 1.54) is 0 Å². The molecule has 24 heavy (non-hydrogen) atoms. The zero-order valence-corrected chi connectivity index (χ0v) is 14.2. The Kier molecular flexibility index (Phi) is 11.7. The number of hydrogen-bond donors (Lipinski definition) is 2. The molecule has 0 aliphatic carbocycles. The second-order valence-corrected chi connectivity index (χ2v) is 4.44. The number of methoxy groups -OCH3 is 2. The smallest absolute Gasteiger partial charge is 0.252 e. The van der Waals surface area contributed by atoms with Crippen molar-refractivity contribution in [3.05, 3.63) is 59.7 Å². The van der Waals surface area contributed by atoms with Crippen LogP contribution in [-0.2, 0) is 0 Å². The number of nitrogens with two attached hydrogens (primary N) is 1. The molecule has 0 heterocycles. The number of benzene rings is 2. The predicted molar refractivity (Wildman–Crippen MR) is 93.3 cm³/mol. The van der Waals surface area contributed by atoms with Crippen LogP contribution in [0.25, 0.3) is 0 Å². The van der Waals surface area contributed by atoms with E-state index >= 15 is 0 Å². The van der Waals surface area contributed by atoms with Crippen LogP contribution in [0.4, 0.5) is 0 Å². The van der Waals surface area contributed by atoms with Crippen LogP contribution in [0, 0.1) is 0 Å². The Hall–Kier alpha value is -2.61. The minimum absolute atomic E-state index is 0. The maximum atomic E-state index is 10.6. The first-order valence-electron chi connectivity index (χ1n) is 6.25. The van der Waals surface area contributed by atoms with Crippen LogP contribution in [0.1, 0.15) is 20.7 Å². The van der Waals surface area contributed by atoms with Gasteiger partial charge in [0.15, 0.2) is 0 Å². The second-order valence-electron chi connectivity index (χ2n) is 4.09. The fraction of sp³-hybridized carbons (Fsp3) is 0.125. The van der Waals surface area contributed by atoms with Crippen molar-refractivity contribution in [1.29, 1.82) is 0 Å². The maximum absolute atomic E-state index is 10.6. The standard InChI is InChI=1S/C8H7ClO2.C8H9NO2.H3N.H2O/c2*1-11-7-4-2-6(3-5-7)8(9)10;;/h2-5H,1H3;2-5H,1H3,(H2,9,10);1H3;1H2. The van der Waals surface area contributed by atoms with Gasteiger partial charge in [-0.2, -0.15) is 0 Å². The highest BCUT2D eigenvalue weighted by Crippen LogP contribution is 2.12. The molecule has 7 nitrogen and oxygen atoms in total. The summed E-state index contributed by atoms with van der Waals surface area (Å²) in [5, 5.41) is -0.451. The Morgan fingerprint density at radius 1 is 0.833 bits per heavy atom. The summed E-state index contributed by atoms with van der Waals surface area (Å²) in [7, 11) is 3.14. The average molecular weight is 357 g/mol. The SMILES string of the molecule is COc1ccc(C(=O)Cl)cc1.COc1ccc(C(N)=O)cc1.N.O. The van der Waals surface area contributed by atoms with Gasteiger partial charge < -0.3 is 26.8 Å². The first-order chi connectivity index (χ1) is 10.5. The number of rotatable bonds is 4. The van der Waals surface area contributed by atoms with E-state index in [1.807, 2.05) is 0 Å². The van der Waals surface area contributed by atoms with Gasteiger partial charge in [0.05, 0.1) is 14.2 Å². The molecule has 8 heteroatoms. The molecule has 0 saturated heterocycles. The lowest BCUT2D eigenvalue weighted by Crippen LogP contribution is -2.10. The van der Waals surface area contributed by atoms with E-state index in [0.29, 0.717) is 16.9 Å². The lowest BCUT2D eigenvalue weighted by Gasteiger charge is -1.98. The van der Waals surface area contributed by atoms with Gasteiger partial charge in [0.25, 0.3) is 5.24 Å². The van der Waals surface area contributed by atoms with E-state index in [2.05, 4.69) is 0 Å². The fourth-order valence-electron chi connectivity index (χ4n) is 1.48. The summed E-state index contributed by atoms with van der Waals surface area (Å²) in [4.78, 5) is 21.2. The molecule has 2 aromatic rings. The van der Waals surface area contributed by atoms with Crippen LogP contribution >= 0.6 is 11.6 Å². The highest BCUT2D eigenvalue weighted by Gasteiger charge is 1.99. The molecule has 132 valence electrons. The molecule has 2 rings (SSSR count). The van der Waals surface area contributed by atoms with Crippen molar-refractivity contribution in [3.63, 3.8) is 0 Å². The minimum Gasteiger partial charge on any atom is -0.497 e. The molecule has 0 saturated carbocycles. The van der Waals surface area contributed by atoms with E-state index in [0.717, 1.165) is 5.75 Å². The first-order valence-corrected chi connectivity index (χ1v) is 6.63. The van der Waals surface area contributed by atoms with Gasteiger partial charge in [-0.25, -0.2) is 0 Å². The molecule has 0 aliphatic heterocycles. The molecule has 0 unspecified atom stereocenters. The van der Waals surface area contributed by atoms with Crippen molar-refractivity contribution in [2.75, 3.05) is 14.2 Å². The summed E-state index contributed by atoms with van der Waals surface area (Å²) in [5.74, 6) is 1.01. The summed E-state index contributed by atoms with van der Waals surface area (Å²) >= 11 is 5.22. The van der Waals surface area contributed by atoms with Crippen molar-refractivity contribution in [3.8, 4) is 11.5 Å². The van der Waals surface area contributed by atoms with Gasteiger partial charge in [0.2, 0.25) is 5.91 Å². The highest BCUT2D eigenvalue weighted by atomic mass is 35.5. The van der Waals surface area contributed by atoms with Gasteiger partial charge in [0, 0.05) is 11.1 Å². The van der Waals surface area contributed by atoms with Gasteiger partial charge in [0.1, 0.15) is 11.5 Å². The number of halogens is 1. The number of hydrogen-bond acceptors (Lipinski definition) is 5. The summed E-state index contributed by atoms with van der Waals surface area (Å²) < 4.78 is 9.79. The van der Waals surface area contributed by atoms with Crippen molar-refractivity contribution in [2.45, 2.75) is 0 Å². The predicted octanol–water partition coefficient (Wildman–Crippen LogP) is 2.21. The Morgan fingerprint density at radius 3 is 1.42 bits per heavy atom. The van der Waals surface area contributed by atoms with Gasteiger partial charge in [-0.3, -0.25) is 9.59 Å². The Morgan fingerprint density at radius 2 is 1.17 bits per heavy atom. The molecule has 0 aromatic heterocycles. The molecule has 0 fully saturated rings. The average Bonchev–Trinajstić information content (AvgIpc) is 2.55. The summed E-state index contributed by atoms with van der Waals surface area (Å²) in [6, 6.07) is 13.3. The number of carbonyl (C=O) groups excluding carboxylic acids is 2. The van der Waals surface area contributed by atoms with Crippen molar-refractivity contribution in [2.24, 2.45) is 5.73 Å². The Balaban J connectivity index is 0. The molecule has 0 bridgehead atoms. The van der Waals surface area contributed by atoms with E-state index < -0.39 is 11.1 Å². The maximum Gasteiger partial charge on any atom is 0.252 e. The van der Waals surface area contributed by atoms with Gasteiger partial charge >= 0.3 is 0 Å². The molecule has 0 spiro atoms. The summed E-state index contributed by atoms with van der Waals surface area (Å²) in [6.45, 7) is 0. The summed E-state index contributed by atoms with van der Waals surface area (Å²) in [5.41, 5.74) is 6.00. The van der Waals surface area contributed by atoms with Crippen LogP contribution in [0.15, 0.2) is 48.5 Å². The molecule has 0 radical (unpaired) electrons. The monoisotopic (exact) mass is 356 g/mol. The topological polar surface area (TPSA) is 145 Å². The van der Waals surface area contributed by atoms with Crippen LogP contribution in [-0.4, -0.2) is 30.8 Å². The molecule has 0 aliphatic rings. The van der Waals surface area contributed by atoms with E-state index in [1.54, 1.807) is 62.8 Å². The zero-order valence-electron chi connectivity index (χ0n) is 13.4. The van der Waals surface area contributed by atoms with E-state index in [4.69, 9.17) is 26.8 Å². The van der Waals surface area contributed by atoms with Crippen molar-refractivity contribution < 1.29 is 24.5 Å². The number of primary amides is 1. The Bertz CT molecular complexity index is 572. The number of amides is 1. The molecule has 0 atom stereocenters. The highest BCUT2D eigenvalue weighted by molar-refractivity contribution is 6.67. The normalized spacial score (nSPS) is 8.46. The van der Waals surface area contributed by atoms with Gasteiger partial charge in [-0.1, -0.05) is 0 Å². The largest absolute Gasteiger partial charge is 0.497 e. The third kappa shape index (κ3) is 7.59. The zero-order chi connectivity index (χ0) is 16.5. The molecule has 2 aromatic carbocycles. The van der Waals surface area contributed by atoms with Crippen molar-refractivity contribution >= 4 is 22.8 Å². The second kappa shape index (κ2) is 11.9. The van der Waals surface area contributed by atoms with E-state index in [9.17, 15) is 9.59 Å². The lowest BCUT2D eigenvalue weighted by atomic mass is 10.2. The van der Waals surface area contributed by atoms with Crippen LogP contribution in [0.5, 0.6) is 11.5 Å². The quantitative estimate of drug-likeness (QED) is 0.806. The first kappa shape index (κ1) is 23.7. The van der Waals surface area contributed by atoms with Crippen LogP contribution in [0.3, 0.4) is 0 Å². The fourth-order valence-corrected chi connectivity index (χ4v) is 1.60. The Labute approximate surface area is 145 Å². The minimum atomic E-state index is -0.451. The van der Waals surface area contributed by atoms with Crippen molar-refractivity contribution in [1.82, 2.24) is 6.15 Å². The van der Waals surface area contributed by atoms with Gasteiger partial charge in [-0.05, 0) is 60.1 Å².